The van der Waals surface area contributed by atoms with E-state index in [1.165, 1.54) is 10.3 Å². The van der Waals surface area contributed by atoms with E-state index in [9.17, 15) is 9.70 Å². The Balaban J connectivity index is 2.08. The minimum Gasteiger partial charge on any atom is -0.368 e. The van der Waals surface area contributed by atoms with Gasteiger partial charge in [0.15, 0.2) is 6.54 Å². The van der Waals surface area contributed by atoms with Crippen LogP contribution < -0.4 is 11.1 Å². The number of hydrogen-bond acceptors (Lipinski definition) is 3. The Morgan fingerprint density at radius 1 is 1.42 bits per heavy atom. The number of nitrogens with one attached hydrogen (secondary N) is 1. The Labute approximate surface area is 144 Å². The lowest BCUT2D eigenvalue weighted by atomic mass is 9.90. The van der Waals surface area contributed by atoms with Crippen LogP contribution in [0, 0.1) is 10.8 Å². The van der Waals surface area contributed by atoms with Crippen molar-refractivity contribution in [1.82, 2.24) is 5.32 Å². The number of amides is 1. The van der Waals surface area contributed by atoms with Gasteiger partial charge in [0.2, 0.25) is 11.9 Å². The highest BCUT2D eigenvalue weighted by Crippen LogP contribution is 2.30. The summed E-state index contributed by atoms with van der Waals surface area (Å²) in [5, 5.41) is 3.27. The van der Waals surface area contributed by atoms with E-state index in [0.29, 0.717) is 19.0 Å². The molecule has 0 aliphatic carbocycles. The summed E-state index contributed by atoms with van der Waals surface area (Å²) in [6, 6.07) is 6.00. The lowest BCUT2D eigenvalue weighted by Gasteiger charge is -2.21. The minimum atomic E-state index is -0.300. The molecule has 1 heterocycles. The van der Waals surface area contributed by atoms with Crippen molar-refractivity contribution in [2.75, 3.05) is 6.54 Å². The molecule has 0 bridgehead atoms. The first-order chi connectivity index (χ1) is 11.4. The molecule has 1 aromatic carbocycles. The number of carbonyl (C=O) groups excluding carboxylic acids is 1. The maximum atomic E-state index is 12.1. The van der Waals surface area contributed by atoms with E-state index in [1.807, 2.05) is 0 Å². The Kier molecular flexibility index (Phi) is 6.49. The largest absolute Gasteiger partial charge is 0.368 e. The molecule has 24 heavy (non-hydrogen) atoms. The summed E-state index contributed by atoms with van der Waals surface area (Å²) >= 11 is 0. The molecular weight excluding hydrogens is 302 g/mol. The van der Waals surface area contributed by atoms with Crippen molar-refractivity contribution in [2.45, 2.75) is 65.1 Å². The number of nitrogens with two attached hydrogens (primary N) is 1. The van der Waals surface area contributed by atoms with E-state index in [4.69, 9.17) is 5.73 Å². The van der Waals surface area contributed by atoms with Crippen molar-refractivity contribution < 1.29 is 9.55 Å². The number of rotatable bonds is 8. The van der Waals surface area contributed by atoms with Crippen LogP contribution >= 0.6 is 0 Å². The first-order valence-electron chi connectivity index (χ1n) is 9.00. The van der Waals surface area contributed by atoms with Crippen molar-refractivity contribution in [1.29, 1.82) is 0 Å². The van der Waals surface area contributed by atoms with Gasteiger partial charge in [-0.1, -0.05) is 39.0 Å². The number of fused-ring (bicyclic) bond motifs is 1. The molecular formula is C19H30N3O2+. The number of nitroso groups, excluding NO2 is 1. The molecule has 2 rings (SSSR count). The summed E-state index contributed by atoms with van der Waals surface area (Å²) in [6.45, 7) is 7.45. The molecule has 0 aromatic heterocycles. The normalized spacial score (nSPS) is 18.5. The van der Waals surface area contributed by atoms with Crippen molar-refractivity contribution in [3.05, 3.63) is 39.8 Å². The topological polar surface area (TPSA) is 75.2 Å². The zero-order valence-electron chi connectivity index (χ0n) is 15.0. The third kappa shape index (κ3) is 4.63. The van der Waals surface area contributed by atoms with Gasteiger partial charge in [-0.2, -0.15) is 0 Å². The molecule has 1 aromatic rings. The predicted octanol–water partition coefficient (Wildman–Crippen LogP) is 2.85. The van der Waals surface area contributed by atoms with Gasteiger partial charge in [0.25, 0.3) is 0 Å². The number of hydrogen-bond donors (Lipinski definition) is 2. The van der Waals surface area contributed by atoms with Gasteiger partial charge in [-0.15, -0.1) is 0 Å². The van der Waals surface area contributed by atoms with Crippen molar-refractivity contribution in [3.8, 4) is 0 Å². The van der Waals surface area contributed by atoms with Crippen LogP contribution in [0.4, 0.5) is 0 Å². The number of carbonyl (C=O) groups is 1. The molecule has 0 saturated carbocycles. The summed E-state index contributed by atoms with van der Waals surface area (Å²) in [5.41, 5.74) is 9.05. The van der Waals surface area contributed by atoms with Gasteiger partial charge in [0.05, 0.1) is 6.04 Å². The van der Waals surface area contributed by atoms with Crippen molar-refractivity contribution in [3.63, 3.8) is 0 Å². The van der Waals surface area contributed by atoms with Crippen LogP contribution in [0.25, 0.3) is 0 Å². The summed E-state index contributed by atoms with van der Waals surface area (Å²) in [6.07, 6.45) is 3.43. The fraction of sp³-hybridized carbons (Fsp3) is 0.632. The lowest BCUT2D eigenvalue weighted by Crippen LogP contribution is -2.41. The molecule has 132 valence electrons. The molecule has 3 N–H and O–H groups in total. The van der Waals surface area contributed by atoms with E-state index in [2.05, 4.69) is 44.3 Å². The second kappa shape index (κ2) is 8.38. The summed E-state index contributed by atoms with van der Waals surface area (Å²) in [7, 11) is 0. The van der Waals surface area contributed by atoms with Gasteiger partial charge >= 0.3 is 0 Å². The predicted molar refractivity (Wildman–Crippen MR) is 95.6 cm³/mol. The first-order valence-corrected chi connectivity index (χ1v) is 9.00. The molecule has 1 aliphatic rings. The first kappa shape index (κ1) is 18.6. The molecule has 2 unspecified atom stereocenters. The van der Waals surface area contributed by atoms with Crippen molar-refractivity contribution in [2.24, 2.45) is 11.7 Å². The molecule has 2 atom stereocenters. The van der Waals surface area contributed by atoms with Gasteiger partial charge in [-0.05, 0) is 29.9 Å². The minimum absolute atomic E-state index is 0.0138. The quantitative estimate of drug-likeness (QED) is 0.719. The zero-order chi connectivity index (χ0) is 17.7. The number of benzene rings is 1. The smallest absolute Gasteiger partial charge is 0.234 e. The van der Waals surface area contributed by atoms with Crippen LogP contribution in [0.1, 0.15) is 62.8 Å². The van der Waals surface area contributed by atoms with Gasteiger partial charge < -0.3 is 11.1 Å². The van der Waals surface area contributed by atoms with E-state index < -0.39 is 0 Å². The molecule has 5 nitrogen and oxygen atoms in total. The second-order valence-electron chi connectivity index (χ2n) is 7.19. The molecule has 0 spiro atoms. The standard InChI is InChI=1S/C19H29N3O2/c1-4-5-18-16-7-6-14(11-15(16)8-9-22(18)24)12-21-17(19(20)23)10-13(2)3/h6-7,11,13,17-18,21H,4-5,8-10,12H2,1-3H3,(H-,20,23)/p+1. The Hall–Kier alpha value is -1.75. The van der Waals surface area contributed by atoms with Gasteiger partial charge in [-0.25, -0.2) is 0 Å². The molecule has 0 radical (unpaired) electrons. The highest BCUT2D eigenvalue weighted by molar-refractivity contribution is 5.79. The molecule has 5 heteroatoms. The van der Waals surface area contributed by atoms with Gasteiger partial charge in [0.1, 0.15) is 0 Å². The highest BCUT2D eigenvalue weighted by atomic mass is 16.3. The molecule has 1 amide bonds. The third-order valence-corrected chi connectivity index (χ3v) is 4.68. The maximum absolute atomic E-state index is 12.1. The average Bonchev–Trinajstić information content (AvgIpc) is 2.53. The fourth-order valence-electron chi connectivity index (χ4n) is 3.44. The molecule has 0 fully saturated rings. The van der Waals surface area contributed by atoms with Crippen LogP contribution in [0.5, 0.6) is 0 Å². The average molecular weight is 332 g/mol. The van der Waals surface area contributed by atoms with Crippen LogP contribution in [0.15, 0.2) is 18.2 Å². The monoisotopic (exact) mass is 332 g/mol. The summed E-state index contributed by atoms with van der Waals surface area (Å²) < 4.78 is 1.22. The van der Waals surface area contributed by atoms with Crippen LogP contribution in [-0.4, -0.2) is 23.3 Å². The van der Waals surface area contributed by atoms with E-state index in [-0.39, 0.29) is 18.0 Å². The maximum Gasteiger partial charge on any atom is 0.234 e. The van der Waals surface area contributed by atoms with Crippen LogP contribution in [0.2, 0.25) is 0 Å². The SMILES string of the molecule is CCCC1c2ccc(CNC(CC(C)C)C(N)=O)cc2CC[N+]1=O. The summed E-state index contributed by atoms with van der Waals surface area (Å²) in [4.78, 5) is 23.6. The van der Waals surface area contributed by atoms with Gasteiger partial charge in [0, 0.05) is 34.6 Å². The van der Waals surface area contributed by atoms with Gasteiger partial charge in [-0.3, -0.25) is 4.79 Å². The van der Waals surface area contributed by atoms with E-state index in [0.717, 1.165) is 36.8 Å². The highest BCUT2D eigenvalue weighted by Gasteiger charge is 2.33. The third-order valence-electron chi connectivity index (χ3n) is 4.68. The molecule has 1 aliphatic heterocycles. The Morgan fingerprint density at radius 2 is 2.17 bits per heavy atom. The van der Waals surface area contributed by atoms with E-state index in [1.54, 1.807) is 0 Å². The summed E-state index contributed by atoms with van der Waals surface area (Å²) in [5.74, 6) is 0.114. The number of nitrogens with zero attached hydrogens (tertiary/aromatic N) is 1. The van der Waals surface area contributed by atoms with E-state index >= 15 is 0 Å². The Bertz CT molecular complexity index is 598. The number of primary amides is 1. The van der Waals surface area contributed by atoms with Crippen LogP contribution in [-0.2, 0) is 17.8 Å². The van der Waals surface area contributed by atoms with Crippen molar-refractivity contribution >= 4 is 5.91 Å². The Morgan fingerprint density at radius 3 is 2.79 bits per heavy atom. The lowest BCUT2D eigenvalue weighted by molar-refractivity contribution is -0.597. The van der Waals surface area contributed by atoms with Crippen LogP contribution in [0.3, 0.4) is 0 Å². The fourth-order valence-corrected chi connectivity index (χ4v) is 3.44. The molecule has 0 saturated heterocycles. The zero-order valence-corrected chi connectivity index (χ0v) is 15.0. The second-order valence-corrected chi connectivity index (χ2v) is 7.19.